The number of rotatable bonds is 5. The monoisotopic (exact) mass is 624 g/mol. The van der Waals surface area contributed by atoms with Crippen LogP contribution >= 0.6 is 0 Å². The van der Waals surface area contributed by atoms with Crippen LogP contribution in [0.5, 0.6) is 0 Å². The van der Waals surface area contributed by atoms with Gasteiger partial charge in [0.2, 0.25) is 0 Å². The Morgan fingerprint density at radius 3 is 1.27 bits per heavy atom. The molecule has 0 aromatic heterocycles. The lowest BCUT2D eigenvalue weighted by molar-refractivity contribution is -0.190. The van der Waals surface area contributed by atoms with E-state index in [1.807, 2.05) is 67.6 Å². The van der Waals surface area contributed by atoms with Crippen LogP contribution in [0.1, 0.15) is 37.1 Å². The molecular weight excluding hydrogens is 584 g/mol. The third-order valence-electron chi connectivity index (χ3n) is 7.94. The summed E-state index contributed by atoms with van der Waals surface area (Å²) >= 11 is 0. The first-order valence-electron chi connectivity index (χ1n) is 14.6. The molecule has 5 saturated heterocycles. The molecule has 7 rings (SSSR count). The van der Waals surface area contributed by atoms with E-state index in [9.17, 15) is 10.2 Å². The fraction of sp³-hybridized carbons (Fsp3) is 0.600. The number of hydrogen-bond acceptors (Lipinski definition) is 14. The van der Waals surface area contributed by atoms with Gasteiger partial charge < -0.3 is 68.9 Å². The number of ether oxygens (including phenoxy) is 7. The summed E-state index contributed by atoms with van der Waals surface area (Å²) in [6, 6.07) is 19.2. The van der Waals surface area contributed by atoms with Gasteiger partial charge in [-0.3, -0.25) is 0 Å². The van der Waals surface area contributed by atoms with Crippen molar-refractivity contribution >= 4 is 0 Å². The second-order valence-corrected chi connectivity index (χ2v) is 10.8. The first-order chi connectivity index (χ1) is 21.2. The second-order valence-electron chi connectivity index (χ2n) is 10.8. The third-order valence-corrected chi connectivity index (χ3v) is 7.94. The van der Waals surface area contributed by atoms with Crippen LogP contribution in [-0.2, 0) is 33.2 Å². The first kappa shape index (κ1) is 33.2. The number of aliphatic hydroxyl groups is 7. The zero-order chi connectivity index (χ0) is 31.4. The number of aliphatic hydroxyl groups excluding tert-OH is 7. The van der Waals surface area contributed by atoms with Crippen LogP contribution in [0.15, 0.2) is 60.7 Å². The van der Waals surface area contributed by atoms with Crippen molar-refractivity contribution in [3.05, 3.63) is 71.8 Å². The van der Waals surface area contributed by atoms with Gasteiger partial charge in [-0.1, -0.05) is 67.6 Å². The van der Waals surface area contributed by atoms with Gasteiger partial charge in [-0.05, 0) is 6.42 Å². The van der Waals surface area contributed by atoms with Crippen LogP contribution in [0, 0.1) is 0 Å². The Bertz CT molecular complexity index is 1070. The molecule has 0 saturated carbocycles. The molecule has 0 bridgehead atoms. The maximum absolute atomic E-state index is 9.74. The van der Waals surface area contributed by atoms with E-state index in [-0.39, 0.29) is 24.9 Å². The summed E-state index contributed by atoms with van der Waals surface area (Å²) in [5.74, 6) is 0. The molecular formula is C30H40O14. The van der Waals surface area contributed by atoms with Gasteiger partial charge in [-0.2, -0.15) is 0 Å². The lowest BCUT2D eigenvalue weighted by Crippen LogP contribution is -2.33. The summed E-state index contributed by atoms with van der Waals surface area (Å²) in [5.41, 5.74) is 1.87. The molecule has 7 N–H and O–H groups in total. The Hall–Kier alpha value is -2.12. The van der Waals surface area contributed by atoms with E-state index in [4.69, 9.17) is 54.0 Å². The van der Waals surface area contributed by atoms with E-state index in [0.717, 1.165) is 17.5 Å². The fourth-order valence-electron chi connectivity index (χ4n) is 5.56. The fourth-order valence-corrected chi connectivity index (χ4v) is 5.56. The van der Waals surface area contributed by atoms with Crippen LogP contribution < -0.4 is 0 Å². The van der Waals surface area contributed by atoms with Gasteiger partial charge >= 0.3 is 0 Å². The predicted molar refractivity (Wildman–Crippen MR) is 147 cm³/mol. The molecule has 0 amide bonds. The van der Waals surface area contributed by atoms with Crippen LogP contribution in [0.3, 0.4) is 0 Å². The lowest BCUT2D eigenvalue weighted by Gasteiger charge is -2.17. The number of hydrogen-bond donors (Lipinski definition) is 7. The van der Waals surface area contributed by atoms with E-state index < -0.39 is 74.7 Å². The third kappa shape index (κ3) is 7.14. The van der Waals surface area contributed by atoms with Crippen molar-refractivity contribution in [1.29, 1.82) is 0 Å². The molecule has 5 aliphatic rings. The zero-order valence-electron chi connectivity index (χ0n) is 24.0. The Morgan fingerprint density at radius 2 is 0.886 bits per heavy atom. The molecule has 0 radical (unpaired) electrons. The number of fused-ring (bicyclic) bond motifs is 2. The molecule has 0 spiro atoms. The van der Waals surface area contributed by atoms with Crippen molar-refractivity contribution in [2.75, 3.05) is 13.2 Å². The zero-order valence-corrected chi connectivity index (χ0v) is 24.0. The molecule has 14 atom stereocenters. The highest BCUT2D eigenvalue weighted by Gasteiger charge is 2.53. The Balaban J connectivity index is 0.000000136. The summed E-state index contributed by atoms with van der Waals surface area (Å²) in [7, 11) is 0. The topological polar surface area (TPSA) is 206 Å². The van der Waals surface area contributed by atoms with Gasteiger partial charge in [0.15, 0.2) is 31.5 Å². The maximum Gasteiger partial charge on any atom is 0.185 e. The quantitative estimate of drug-likeness (QED) is 0.217. The maximum atomic E-state index is 9.74. The van der Waals surface area contributed by atoms with Crippen molar-refractivity contribution in [3.8, 4) is 0 Å². The minimum atomic E-state index is -1.38. The van der Waals surface area contributed by atoms with Crippen molar-refractivity contribution in [2.24, 2.45) is 0 Å². The molecule has 5 heterocycles. The highest BCUT2D eigenvalue weighted by Crippen LogP contribution is 2.41. The molecule has 5 aliphatic heterocycles. The molecule has 44 heavy (non-hydrogen) atoms. The molecule has 2 unspecified atom stereocenters. The van der Waals surface area contributed by atoms with Crippen molar-refractivity contribution < 1.29 is 68.9 Å². The molecule has 14 nitrogen and oxygen atoms in total. The van der Waals surface area contributed by atoms with E-state index >= 15 is 0 Å². The second kappa shape index (κ2) is 15.0. The Morgan fingerprint density at radius 1 is 0.477 bits per heavy atom. The average Bonchev–Trinajstić information content (AvgIpc) is 3.86. The Labute approximate surface area is 253 Å². The molecule has 0 aliphatic carbocycles. The SMILES string of the molecule is CC[C@H]1O[C@@H](O)[C@@H]2OC(c3ccccc3)O[C@@H]21.OC[C@H]1O[C@@H](O)[C@@H]2OC(c3ccccc3)O[C@@H]21.OC[C@H]1O[C@@H](O)[C@H](O)[C@@H]1O. The van der Waals surface area contributed by atoms with Gasteiger partial charge in [0, 0.05) is 11.1 Å². The molecule has 2 aromatic carbocycles. The minimum Gasteiger partial charge on any atom is -0.394 e. The van der Waals surface area contributed by atoms with Crippen molar-refractivity contribution in [3.63, 3.8) is 0 Å². The predicted octanol–water partition coefficient (Wildman–Crippen LogP) is -0.807. The van der Waals surface area contributed by atoms with E-state index in [0.29, 0.717) is 0 Å². The van der Waals surface area contributed by atoms with Crippen LogP contribution in [-0.4, -0.2) is 123 Å². The van der Waals surface area contributed by atoms with Gasteiger partial charge in [0.25, 0.3) is 0 Å². The molecule has 5 fully saturated rings. The van der Waals surface area contributed by atoms with E-state index in [1.54, 1.807) is 0 Å². The summed E-state index contributed by atoms with van der Waals surface area (Å²) in [4.78, 5) is 0. The largest absolute Gasteiger partial charge is 0.394 e. The van der Waals surface area contributed by atoms with Crippen molar-refractivity contribution in [1.82, 2.24) is 0 Å². The van der Waals surface area contributed by atoms with Gasteiger partial charge in [0.1, 0.15) is 48.8 Å². The first-order valence-corrected chi connectivity index (χ1v) is 14.6. The lowest BCUT2D eigenvalue weighted by atomic mass is 10.1. The van der Waals surface area contributed by atoms with E-state index in [1.165, 1.54) is 0 Å². The highest BCUT2D eigenvalue weighted by molar-refractivity contribution is 5.18. The molecule has 14 heteroatoms. The average molecular weight is 625 g/mol. The van der Waals surface area contributed by atoms with Crippen LogP contribution in [0.4, 0.5) is 0 Å². The van der Waals surface area contributed by atoms with E-state index in [2.05, 4.69) is 4.74 Å². The van der Waals surface area contributed by atoms with Crippen LogP contribution in [0.2, 0.25) is 0 Å². The highest BCUT2D eigenvalue weighted by atomic mass is 16.8. The Kier molecular flexibility index (Phi) is 11.3. The van der Waals surface area contributed by atoms with Gasteiger partial charge in [-0.25, -0.2) is 0 Å². The summed E-state index contributed by atoms with van der Waals surface area (Å²) in [6.45, 7) is 1.41. The minimum absolute atomic E-state index is 0.0799. The summed E-state index contributed by atoms with van der Waals surface area (Å²) < 4.78 is 37.9. The van der Waals surface area contributed by atoms with Gasteiger partial charge in [0.05, 0.1) is 19.3 Å². The normalized spacial score (nSPS) is 42.2. The van der Waals surface area contributed by atoms with Crippen LogP contribution in [0.25, 0.3) is 0 Å². The smallest absolute Gasteiger partial charge is 0.185 e. The molecule has 2 aromatic rings. The van der Waals surface area contributed by atoms with Crippen molar-refractivity contribution in [2.45, 2.75) is 99.7 Å². The standard InChI is InChI=1S/C13H16O4.C12H14O5.C5H10O5/c1-2-9-10-11(12(14)15-9)17-13(16-10)8-6-4-3-5-7-8;13-6-8-9-10(11(14)15-8)17-12(16-9)7-4-2-1-3-5-7;6-1-2-3(7)4(8)5(9)10-2/h3-7,9-14H,2H2,1H3;1-5,8-14H,6H2;2-9H,1H2/t9-,10-,11-,12-,13?;8-,9-,10-,11-,12?;2-,3-,4-,5-/m111/s1. The molecule has 244 valence electrons. The summed E-state index contributed by atoms with van der Waals surface area (Å²) in [6.07, 6.45) is -8.84. The van der Waals surface area contributed by atoms with Gasteiger partial charge in [-0.15, -0.1) is 0 Å². The summed E-state index contributed by atoms with van der Waals surface area (Å²) in [5, 5.41) is 63.4. The number of benzene rings is 2.